The third-order valence-electron chi connectivity index (χ3n) is 6.94. The first kappa shape index (κ1) is 32.9. The average molecular weight is 607 g/mol. The predicted octanol–water partition coefficient (Wildman–Crippen LogP) is 8.08. The van der Waals surface area contributed by atoms with Crippen LogP contribution in [0, 0.1) is 0 Å². The van der Waals surface area contributed by atoms with Crippen molar-refractivity contribution in [3.63, 3.8) is 0 Å². The summed E-state index contributed by atoms with van der Waals surface area (Å²) in [6, 6.07) is 29.1. The van der Waals surface area contributed by atoms with E-state index in [9.17, 15) is 9.59 Å². The molecule has 0 aliphatic rings. The van der Waals surface area contributed by atoms with E-state index in [1.54, 1.807) is 24.3 Å². The molecule has 0 amide bonds. The zero-order chi connectivity index (χ0) is 32.2. The molecule has 7 heteroatoms. The Morgan fingerprint density at radius 1 is 0.600 bits per heavy atom. The Hall–Kier alpha value is -4.98. The van der Waals surface area contributed by atoms with E-state index < -0.39 is 11.9 Å². The van der Waals surface area contributed by atoms with Crippen LogP contribution >= 0.6 is 0 Å². The van der Waals surface area contributed by atoms with Gasteiger partial charge in [0.05, 0.1) is 31.0 Å². The molecule has 0 fully saturated rings. The van der Waals surface area contributed by atoms with Gasteiger partial charge in [-0.05, 0) is 64.6 Å². The fourth-order valence-electron chi connectivity index (χ4n) is 4.48. The summed E-state index contributed by atoms with van der Waals surface area (Å²) in [5.74, 6) is 0.631. The van der Waals surface area contributed by atoms with Crippen molar-refractivity contribution in [3.8, 4) is 50.6 Å². The highest BCUT2D eigenvalue weighted by Gasteiger charge is 2.13. The summed E-state index contributed by atoms with van der Waals surface area (Å²) in [5, 5.41) is 0. The van der Waals surface area contributed by atoms with Crippen molar-refractivity contribution in [2.45, 2.75) is 19.8 Å². The molecule has 0 bridgehead atoms. The lowest BCUT2D eigenvalue weighted by Gasteiger charge is -2.15. The highest BCUT2D eigenvalue weighted by molar-refractivity contribution is 5.90. The minimum absolute atomic E-state index is 0.117. The second-order valence-electron chi connectivity index (χ2n) is 10.4. The summed E-state index contributed by atoms with van der Waals surface area (Å²) < 4.78 is 26.9. The van der Waals surface area contributed by atoms with Gasteiger partial charge in [-0.3, -0.25) is 0 Å². The maximum Gasteiger partial charge on any atom is 0.341 e. The number of benzene rings is 4. The Kier molecular flexibility index (Phi) is 11.8. The van der Waals surface area contributed by atoms with Crippen LogP contribution in [0.5, 0.6) is 17.2 Å². The number of ether oxygens (including phenoxy) is 5. The highest BCUT2D eigenvalue weighted by Crippen LogP contribution is 2.36. The smallest absolute Gasteiger partial charge is 0.341 e. The molecule has 0 aliphatic carbocycles. The van der Waals surface area contributed by atoms with Crippen LogP contribution in [0.4, 0.5) is 0 Å². The van der Waals surface area contributed by atoms with Crippen LogP contribution in [-0.2, 0) is 19.1 Å². The lowest BCUT2D eigenvalue weighted by molar-refractivity contribution is -0.131. The zero-order valence-electron chi connectivity index (χ0n) is 26.0. The molecule has 0 heterocycles. The van der Waals surface area contributed by atoms with Crippen molar-refractivity contribution in [1.82, 2.24) is 0 Å². The Morgan fingerprint density at radius 3 is 1.49 bits per heavy atom. The van der Waals surface area contributed by atoms with Crippen LogP contribution in [0.15, 0.2) is 115 Å². The molecular weight excluding hydrogens is 568 g/mol. The molecule has 4 rings (SSSR count). The van der Waals surface area contributed by atoms with Gasteiger partial charge in [0.15, 0.2) is 0 Å². The fourth-order valence-corrected chi connectivity index (χ4v) is 4.48. The van der Waals surface area contributed by atoms with Crippen LogP contribution in [0.2, 0.25) is 0 Å². The van der Waals surface area contributed by atoms with Gasteiger partial charge in [-0.1, -0.05) is 87.2 Å². The first-order valence-corrected chi connectivity index (χ1v) is 14.7. The normalized spacial score (nSPS) is 10.6. The molecule has 0 spiro atoms. The van der Waals surface area contributed by atoms with Gasteiger partial charge in [0.1, 0.15) is 17.2 Å². The Morgan fingerprint density at radius 2 is 1.02 bits per heavy atom. The number of esters is 2. The maximum absolute atomic E-state index is 12.1. The molecule has 4 aromatic rings. The summed E-state index contributed by atoms with van der Waals surface area (Å²) in [6.07, 6.45) is 1.98. The van der Waals surface area contributed by atoms with Crippen LogP contribution < -0.4 is 14.2 Å². The Bertz CT molecular complexity index is 1620. The topological polar surface area (TPSA) is 80.3 Å². The summed E-state index contributed by atoms with van der Waals surface area (Å²) in [6.45, 7) is 10.3. The van der Waals surface area contributed by atoms with Crippen molar-refractivity contribution in [2.75, 3.05) is 34.0 Å². The van der Waals surface area contributed by atoms with E-state index in [1.165, 1.54) is 14.2 Å². The van der Waals surface area contributed by atoms with E-state index in [0.29, 0.717) is 18.1 Å². The molecule has 0 unspecified atom stereocenters. The molecule has 0 radical (unpaired) electrons. The fraction of sp³-hybridized carbons (Fsp3) is 0.211. The van der Waals surface area contributed by atoms with Gasteiger partial charge in [-0.15, -0.1) is 0 Å². The number of methoxy groups -OCH3 is 2. The maximum atomic E-state index is 12.1. The van der Waals surface area contributed by atoms with Gasteiger partial charge in [0, 0.05) is 19.8 Å². The molecule has 0 saturated heterocycles. The number of rotatable bonds is 15. The van der Waals surface area contributed by atoms with Gasteiger partial charge < -0.3 is 23.7 Å². The second-order valence-corrected chi connectivity index (χ2v) is 10.4. The van der Waals surface area contributed by atoms with E-state index in [1.807, 2.05) is 30.3 Å². The van der Waals surface area contributed by atoms with Gasteiger partial charge in [-0.25, -0.2) is 9.59 Å². The monoisotopic (exact) mass is 606 g/mol. The molecular formula is C38H38O7. The lowest BCUT2D eigenvalue weighted by atomic mass is 9.97. The first-order chi connectivity index (χ1) is 21.8. The molecule has 0 saturated carbocycles. The molecule has 0 N–H and O–H groups in total. The minimum atomic E-state index is -0.519. The quantitative estimate of drug-likeness (QED) is 0.0586. The van der Waals surface area contributed by atoms with E-state index >= 15 is 0 Å². The molecule has 232 valence electrons. The number of carbonyl (C=O) groups is 2. The van der Waals surface area contributed by atoms with Crippen molar-refractivity contribution < 1.29 is 33.3 Å². The highest BCUT2D eigenvalue weighted by atomic mass is 16.5. The largest absolute Gasteiger partial charge is 0.493 e. The van der Waals surface area contributed by atoms with Crippen LogP contribution in [0.1, 0.15) is 19.8 Å². The predicted molar refractivity (Wildman–Crippen MR) is 176 cm³/mol. The second kappa shape index (κ2) is 16.2. The van der Waals surface area contributed by atoms with Crippen molar-refractivity contribution in [1.29, 1.82) is 0 Å². The molecule has 7 nitrogen and oxygen atoms in total. The molecule has 0 aliphatic heterocycles. The summed E-state index contributed by atoms with van der Waals surface area (Å²) in [5.41, 5.74) is 6.48. The van der Waals surface area contributed by atoms with E-state index in [2.05, 4.69) is 56.5 Å². The third-order valence-corrected chi connectivity index (χ3v) is 6.94. The first-order valence-electron chi connectivity index (χ1n) is 14.7. The van der Waals surface area contributed by atoms with Crippen LogP contribution in [-0.4, -0.2) is 46.0 Å². The summed E-state index contributed by atoms with van der Waals surface area (Å²) in [7, 11) is 3.00. The molecule has 0 atom stereocenters. The third kappa shape index (κ3) is 9.01. The van der Waals surface area contributed by atoms with Gasteiger partial charge >= 0.3 is 11.9 Å². The molecule has 0 aromatic heterocycles. The molecule has 4 aromatic carbocycles. The van der Waals surface area contributed by atoms with Crippen LogP contribution in [0.3, 0.4) is 0 Å². The summed E-state index contributed by atoms with van der Waals surface area (Å²) in [4.78, 5) is 24.2. The van der Waals surface area contributed by atoms with Gasteiger partial charge in [-0.2, -0.15) is 0 Å². The Balaban J connectivity index is 1.51. The number of hydrogen-bond acceptors (Lipinski definition) is 7. The zero-order valence-corrected chi connectivity index (χ0v) is 26.0. The summed E-state index contributed by atoms with van der Waals surface area (Å²) >= 11 is 0. The minimum Gasteiger partial charge on any atom is -0.493 e. The lowest BCUT2D eigenvalue weighted by Crippen LogP contribution is -2.13. The van der Waals surface area contributed by atoms with E-state index in [-0.39, 0.29) is 24.4 Å². The number of carbonyl (C=O) groups excluding carboxylic acids is 2. The van der Waals surface area contributed by atoms with Crippen LogP contribution in [0.25, 0.3) is 33.4 Å². The van der Waals surface area contributed by atoms with E-state index in [4.69, 9.17) is 23.7 Å². The SMILES string of the molecule is C=C(COC)C(=O)Oc1ccc(-c2ccc(-c3ccc(-c4ccc(OC(=O)C(=C)COC)cc4)cc3OCCCC)cc2)cc1. The van der Waals surface area contributed by atoms with Crippen molar-refractivity contribution in [2.24, 2.45) is 0 Å². The van der Waals surface area contributed by atoms with Gasteiger partial charge in [0.25, 0.3) is 0 Å². The van der Waals surface area contributed by atoms with E-state index in [0.717, 1.165) is 52.0 Å². The van der Waals surface area contributed by atoms with Crippen molar-refractivity contribution in [3.05, 3.63) is 115 Å². The number of unbranched alkanes of at least 4 members (excludes halogenated alkanes) is 1. The standard InChI is InChI=1S/C38H38O7/c1-6-7-22-43-36-23-32(30-14-19-34(20-15-30)45-38(40)27(3)25-42-5)16-21-35(36)31-10-8-28(9-11-31)29-12-17-33(18-13-29)44-37(39)26(2)24-41-4/h8-21,23H,2-3,6-7,22,24-25H2,1,4-5H3. The number of hydrogen-bond donors (Lipinski definition) is 0. The van der Waals surface area contributed by atoms with Gasteiger partial charge in [0.2, 0.25) is 0 Å². The molecule has 45 heavy (non-hydrogen) atoms. The Labute approximate surface area is 264 Å². The average Bonchev–Trinajstić information content (AvgIpc) is 3.06. The van der Waals surface area contributed by atoms with Crippen molar-refractivity contribution >= 4 is 11.9 Å².